The molecule has 0 fully saturated rings. The molecule has 0 aliphatic heterocycles. The van der Waals surface area contributed by atoms with Crippen molar-refractivity contribution in [3.05, 3.63) is 78.0 Å². The predicted octanol–water partition coefficient (Wildman–Crippen LogP) is 2.13. The highest BCUT2D eigenvalue weighted by molar-refractivity contribution is 7.99. The van der Waals surface area contributed by atoms with Crippen LogP contribution in [0.25, 0.3) is 10.9 Å². The highest BCUT2D eigenvalue weighted by Crippen LogP contribution is 2.19. The minimum absolute atomic E-state index is 0.126. The number of pyridine rings is 1. The molecule has 2 aromatic carbocycles. The first-order valence-electron chi connectivity index (χ1n) is 13.3. The Balaban J connectivity index is 0.000000942. The van der Waals surface area contributed by atoms with E-state index in [2.05, 4.69) is 20.9 Å². The summed E-state index contributed by atoms with van der Waals surface area (Å²) in [7, 11) is 0. The highest BCUT2D eigenvalue weighted by atomic mass is 32.2. The second-order valence-corrected chi connectivity index (χ2v) is 10.5. The van der Waals surface area contributed by atoms with E-state index in [0.29, 0.717) is 5.56 Å². The van der Waals surface area contributed by atoms with Gasteiger partial charge >= 0.3 is 12.4 Å². The fraction of sp³-hybridized carbons (Fsp3) is 0.310. The summed E-state index contributed by atoms with van der Waals surface area (Å²) in [6, 6.07) is 16.8. The van der Waals surface area contributed by atoms with Gasteiger partial charge < -0.3 is 25.9 Å². The van der Waals surface area contributed by atoms with Crippen molar-refractivity contribution in [1.29, 1.82) is 0 Å². The Morgan fingerprint density at radius 2 is 1.50 bits per heavy atom. The van der Waals surface area contributed by atoms with Crippen LogP contribution >= 0.6 is 11.8 Å². The molecule has 1 aromatic heterocycles. The fourth-order valence-electron chi connectivity index (χ4n) is 3.58. The monoisotopic (exact) mass is 674 g/mol. The Labute approximate surface area is 262 Å². The van der Waals surface area contributed by atoms with Crippen molar-refractivity contribution in [2.75, 3.05) is 18.1 Å². The van der Waals surface area contributed by atoms with Crippen molar-refractivity contribution in [2.24, 2.45) is 0 Å². The summed E-state index contributed by atoms with van der Waals surface area (Å²) in [5.41, 5.74) is 2.09. The van der Waals surface area contributed by atoms with Crippen LogP contribution in [0.1, 0.15) is 28.8 Å². The molecule has 3 aromatic rings. The van der Waals surface area contributed by atoms with Crippen molar-refractivity contribution in [1.82, 2.24) is 16.0 Å². The number of carboxylic acid groups (broad SMARTS) is 1. The van der Waals surface area contributed by atoms with E-state index in [1.54, 1.807) is 36.5 Å². The lowest BCUT2D eigenvalue weighted by molar-refractivity contribution is -0.345. The number of Topliss-reactive ketones (excluding diaryl/α,β-unsaturated/α-hetero) is 1. The van der Waals surface area contributed by atoms with E-state index in [-0.39, 0.29) is 31.7 Å². The minimum atomic E-state index is -5.19. The van der Waals surface area contributed by atoms with Crippen LogP contribution in [0.4, 0.5) is 26.3 Å². The summed E-state index contributed by atoms with van der Waals surface area (Å²) in [6.07, 6.45) is -7.92. The Bertz CT molecular complexity index is 1500. The number of fused-ring (bicyclic) bond motifs is 1. The number of carbonyl (C=O) groups is 5. The number of amides is 3. The van der Waals surface area contributed by atoms with Gasteiger partial charge in [-0.1, -0.05) is 30.3 Å². The lowest BCUT2D eigenvalue weighted by atomic mass is 10.1. The van der Waals surface area contributed by atoms with Crippen LogP contribution < -0.4 is 26.0 Å². The molecule has 3 rings (SSSR count). The summed E-state index contributed by atoms with van der Waals surface area (Å²) in [5, 5.41) is 17.6. The number of aliphatic carboxylic acids is 1. The van der Waals surface area contributed by atoms with Gasteiger partial charge in [0, 0.05) is 29.1 Å². The van der Waals surface area contributed by atoms with Gasteiger partial charge in [0.25, 0.3) is 5.91 Å². The van der Waals surface area contributed by atoms with Crippen LogP contribution in [-0.4, -0.2) is 65.9 Å². The van der Waals surface area contributed by atoms with Crippen molar-refractivity contribution in [3.8, 4) is 0 Å². The van der Waals surface area contributed by atoms with Gasteiger partial charge in [-0.2, -0.15) is 38.1 Å². The number of ketones is 1. The number of carboxylic acids is 1. The number of alkyl halides is 6. The van der Waals surface area contributed by atoms with Crippen molar-refractivity contribution >= 4 is 52.1 Å². The Morgan fingerprint density at radius 3 is 2.13 bits per heavy atom. The number of thioether (sulfide) groups is 1. The zero-order valence-electron chi connectivity index (χ0n) is 23.8. The molecule has 248 valence electrons. The molecule has 0 aliphatic rings. The predicted molar refractivity (Wildman–Crippen MR) is 152 cm³/mol. The van der Waals surface area contributed by atoms with Crippen LogP contribution in [0.2, 0.25) is 0 Å². The SMILES string of the molecule is O=C(CNC(=O)c1ccccc1)N[C@@H](CCCSCC(=O)C(F)(F)F)C(=O)NCc1c[nH+]c2ccccc2c1.O=C([O-])C(F)(F)F. The molecule has 0 aliphatic carbocycles. The van der Waals surface area contributed by atoms with Gasteiger partial charge in [0.2, 0.25) is 23.1 Å². The summed E-state index contributed by atoms with van der Waals surface area (Å²) in [6.45, 7) is -0.196. The summed E-state index contributed by atoms with van der Waals surface area (Å²) in [4.78, 5) is 60.6. The number of hydrogen-bond acceptors (Lipinski definition) is 7. The standard InChI is InChI=1S/C27H27F3N4O4S.C2HF3O2/c28-27(29,30)23(35)17-39-12-6-11-22(34-24(36)16-33-25(37)19-7-2-1-3-8-19)26(38)32-15-18-13-20-9-4-5-10-21(20)31-14-18;3-2(4,5)1(6)7/h1-5,7-10,13-14,22H,6,11-12,15-17H2,(H,32,38)(H,33,37)(H,34,36);(H,6,7)/t22-;/m0./s1. The Morgan fingerprint density at radius 1 is 0.870 bits per heavy atom. The van der Waals surface area contributed by atoms with Crippen molar-refractivity contribution in [3.63, 3.8) is 0 Å². The molecule has 1 atom stereocenters. The van der Waals surface area contributed by atoms with E-state index in [0.717, 1.165) is 28.2 Å². The van der Waals surface area contributed by atoms with Crippen LogP contribution in [0.15, 0.2) is 66.9 Å². The maximum absolute atomic E-state index is 12.9. The van der Waals surface area contributed by atoms with Crippen LogP contribution in [-0.2, 0) is 25.7 Å². The van der Waals surface area contributed by atoms with Crippen LogP contribution in [0.3, 0.4) is 0 Å². The number of carbonyl (C=O) groups excluding carboxylic acids is 5. The molecule has 3 amide bonds. The Kier molecular flexibility index (Phi) is 14.5. The summed E-state index contributed by atoms with van der Waals surface area (Å²) >= 11 is 0.809. The maximum atomic E-state index is 12.9. The van der Waals surface area contributed by atoms with Gasteiger partial charge in [0.05, 0.1) is 12.3 Å². The number of aromatic nitrogens is 1. The van der Waals surface area contributed by atoms with Gasteiger partial charge in [0.15, 0.2) is 6.20 Å². The average Bonchev–Trinajstić information content (AvgIpc) is 3.01. The zero-order valence-corrected chi connectivity index (χ0v) is 24.6. The molecule has 0 saturated heterocycles. The topological polar surface area (TPSA) is 159 Å². The first-order valence-corrected chi connectivity index (χ1v) is 14.5. The zero-order chi connectivity index (χ0) is 34.3. The minimum Gasteiger partial charge on any atom is -0.542 e. The quantitative estimate of drug-likeness (QED) is 0.185. The largest absolute Gasteiger partial charge is 0.542 e. The number of halogens is 6. The second-order valence-electron chi connectivity index (χ2n) is 9.38. The van der Waals surface area contributed by atoms with Crippen molar-refractivity contribution in [2.45, 2.75) is 37.8 Å². The third kappa shape index (κ3) is 13.5. The van der Waals surface area contributed by atoms with Crippen LogP contribution in [0.5, 0.6) is 0 Å². The number of benzene rings is 2. The van der Waals surface area contributed by atoms with Gasteiger partial charge in [-0.15, -0.1) is 0 Å². The molecule has 0 radical (unpaired) electrons. The van der Waals surface area contributed by atoms with Gasteiger partial charge in [-0.3, -0.25) is 19.2 Å². The molecule has 1 heterocycles. The van der Waals surface area contributed by atoms with Crippen molar-refractivity contribution < 1.29 is 60.4 Å². The summed E-state index contributed by atoms with van der Waals surface area (Å²) in [5.74, 6) is -6.89. The smallest absolute Gasteiger partial charge is 0.450 e. The molecule has 4 N–H and O–H groups in total. The molecule has 17 heteroatoms. The van der Waals surface area contributed by atoms with E-state index >= 15 is 0 Å². The molecule has 46 heavy (non-hydrogen) atoms. The number of aromatic amines is 1. The van der Waals surface area contributed by atoms with E-state index in [4.69, 9.17) is 9.90 Å². The fourth-order valence-corrected chi connectivity index (χ4v) is 4.45. The lowest BCUT2D eigenvalue weighted by Crippen LogP contribution is -2.49. The molecule has 0 spiro atoms. The third-order valence-electron chi connectivity index (χ3n) is 5.84. The lowest BCUT2D eigenvalue weighted by Gasteiger charge is -2.19. The van der Waals surface area contributed by atoms with Gasteiger partial charge in [0.1, 0.15) is 12.0 Å². The van der Waals surface area contributed by atoms with E-state index in [1.165, 1.54) is 0 Å². The number of para-hydroxylation sites is 1. The maximum Gasteiger partial charge on any atom is 0.450 e. The van der Waals surface area contributed by atoms with E-state index < -0.39 is 53.6 Å². The average molecular weight is 675 g/mol. The summed E-state index contributed by atoms with van der Waals surface area (Å²) < 4.78 is 68.7. The third-order valence-corrected chi connectivity index (χ3v) is 6.88. The normalized spacial score (nSPS) is 11.9. The van der Waals surface area contributed by atoms with Crippen LogP contribution in [0, 0.1) is 0 Å². The molecule has 10 nitrogen and oxygen atoms in total. The van der Waals surface area contributed by atoms with Gasteiger partial charge in [-0.25, -0.2) is 4.98 Å². The molecule has 0 unspecified atom stereocenters. The van der Waals surface area contributed by atoms with E-state index in [9.17, 15) is 45.5 Å². The Hall–Kier alpha value is -4.67. The molecule has 0 bridgehead atoms. The van der Waals surface area contributed by atoms with Gasteiger partial charge in [-0.05, 0) is 42.9 Å². The highest BCUT2D eigenvalue weighted by Gasteiger charge is 2.37. The first-order chi connectivity index (χ1) is 21.6. The molecular weight excluding hydrogens is 646 g/mol. The molecular formula is C29H28F6N4O6S. The first kappa shape index (κ1) is 37.5. The number of hydrogen-bond donors (Lipinski definition) is 3. The second kappa shape index (κ2) is 17.7. The number of nitrogens with one attached hydrogen (secondary N) is 4. The molecule has 0 saturated carbocycles. The number of H-pyrrole nitrogens is 1. The number of rotatable bonds is 13. The van der Waals surface area contributed by atoms with E-state index in [1.807, 2.05) is 30.3 Å².